The zero-order valence-corrected chi connectivity index (χ0v) is 22.9. The van der Waals surface area contributed by atoms with E-state index in [4.69, 9.17) is 0 Å². The number of alkyl halides is 3. The molecule has 1 aliphatic heterocycles. The average Bonchev–Trinajstić information content (AvgIpc) is 3.46. The fraction of sp³-hybridized carbons (Fsp3) is 0.423. The summed E-state index contributed by atoms with van der Waals surface area (Å²) in [5.74, 6) is -1.69. The quantitative estimate of drug-likeness (QED) is 0.301. The predicted molar refractivity (Wildman–Crippen MR) is 140 cm³/mol. The molecule has 0 bridgehead atoms. The van der Waals surface area contributed by atoms with Gasteiger partial charge in [-0.05, 0) is 50.5 Å². The number of hydrogen-bond acceptors (Lipinski definition) is 7. The summed E-state index contributed by atoms with van der Waals surface area (Å²) in [6.45, 7) is 5.17. The first-order valence-corrected chi connectivity index (χ1v) is 14.4. The lowest BCUT2D eigenvalue weighted by Crippen LogP contribution is -2.51. The molecule has 0 radical (unpaired) electrons. The molecule has 214 valence electrons. The molecule has 0 N–H and O–H groups in total. The van der Waals surface area contributed by atoms with Crippen LogP contribution in [0.5, 0.6) is 5.75 Å². The highest BCUT2D eigenvalue weighted by Gasteiger charge is 2.33. The van der Waals surface area contributed by atoms with Crippen LogP contribution in [0.3, 0.4) is 0 Å². The fourth-order valence-electron chi connectivity index (χ4n) is 4.90. The van der Waals surface area contributed by atoms with E-state index in [-0.39, 0.29) is 28.4 Å². The van der Waals surface area contributed by atoms with Gasteiger partial charge >= 0.3 is 6.36 Å². The number of nitrogens with zero attached hydrogens (tertiary/aromatic N) is 6. The van der Waals surface area contributed by atoms with Crippen LogP contribution in [0.4, 0.5) is 17.6 Å². The summed E-state index contributed by atoms with van der Waals surface area (Å²) >= 11 is 0. The van der Waals surface area contributed by atoms with Crippen molar-refractivity contribution in [2.24, 2.45) is 7.05 Å². The third-order valence-electron chi connectivity index (χ3n) is 7.22. The smallest absolute Gasteiger partial charge is 0.403 e. The normalized spacial score (nSPS) is 16.5. The van der Waals surface area contributed by atoms with Crippen LogP contribution in [-0.4, -0.2) is 74.1 Å². The third kappa shape index (κ3) is 5.97. The Kier molecular flexibility index (Phi) is 7.11. The molecule has 4 heterocycles. The molecular formula is C26H28F4N6O3S. The first-order valence-electron chi connectivity index (χ1n) is 12.6. The van der Waals surface area contributed by atoms with E-state index in [1.807, 2.05) is 17.0 Å². The van der Waals surface area contributed by atoms with E-state index in [1.165, 1.54) is 6.07 Å². The van der Waals surface area contributed by atoms with Gasteiger partial charge in [0.2, 0.25) is 0 Å². The zero-order chi connectivity index (χ0) is 28.9. The molecule has 1 aliphatic rings. The molecule has 5 rings (SSSR count). The standard InChI is InChI=1S/C26H28F4N6O3S/c1-25(2,35-8-10-40(37,38)11-9-35)7-6-18-15-36(19-13-32-34(3)16-19)24-20(18)14-31-23(33-24)17-4-5-22(21(27)12-17)39-26(28,29)30/h4-5,12-16H,6-11H2,1-3H3. The Morgan fingerprint density at radius 1 is 1.07 bits per heavy atom. The van der Waals surface area contributed by atoms with Gasteiger partial charge in [-0.1, -0.05) is 0 Å². The minimum Gasteiger partial charge on any atom is -0.403 e. The maximum atomic E-state index is 14.4. The van der Waals surface area contributed by atoms with Gasteiger partial charge in [0.1, 0.15) is 5.65 Å². The largest absolute Gasteiger partial charge is 0.573 e. The molecule has 0 atom stereocenters. The highest BCUT2D eigenvalue weighted by atomic mass is 32.2. The molecule has 0 amide bonds. The Morgan fingerprint density at radius 2 is 1.80 bits per heavy atom. The van der Waals surface area contributed by atoms with Crippen LogP contribution in [0, 0.1) is 5.82 Å². The van der Waals surface area contributed by atoms with Crippen molar-refractivity contribution in [2.75, 3.05) is 24.6 Å². The lowest BCUT2D eigenvalue weighted by atomic mass is 9.93. The number of sulfone groups is 1. The number of rotatable bonds is 7. The van der Waals surface area contributed by atoms with E-state index < -0.39 is 27.8 Å². The summed E-state index contributed by atoms with van der Waals surface area (Å²) in [6.07, 6.45) is 3.43. The number of aryl methyl sites for hydroxylation is 2. The molecule has 40 heavy (non-hydrogen) atoms. The second kappa shape index (κ2) is 10.1. The van der Waals surface area contributed by atoms with Gasteiger partial charge < -0.3 is 4.74 Å². The summed E-state index contributed by atoms with van der Waals surface area (Å²) < 4.78 is 83.0. The maximum absolute atomic E-state index is 14.4. The monoisotopic (exact) mass is 580 g/mol. The minimum atomic E-state index is -5.01. The van der Waals surface area contributed by atoms with Gasteiger partial charge in [0.25, 0.3) is 0 Å². The van der Waals surface area contributed by atoms with Gasteiger partial charge in [-0.3, -0.25) is 14.1 Å². The highest BCUT2D eigenvalue weighted by molar-refractivity contribution is 7.91. The van der Waals surface area contributed by atoms with Crippen molar-refractivity contribution in [3.8, 4) is 22.8 Å². The first kappa shape index (κ1) is 28.0. The number of halogens is 4. The Morgan fingerprint density at radius 3 is 2.42 bits per heavy atom. The van der Waals surface area contributed by atoms with E-state index in [0.29, 0.717) is 25.2 Å². The molecule has 1 saturated heterocycles. The van der Waals surface area contributed by atoms with Crippen LogP contribution in [0.15, 0.2) is 43.0 Å². The van der Waals surface area contributed by atoms with Crippen LogP contribution in [0.25, 0.3) is 28.1 Å². The van der Waals surface area contributed by atoms with Crippen LogP contribution < -0.4 is 4.74 Å². The number of fused-ring (bicyclic) bond motifs is 1. The Bertz CT molecular complexity index is 1650. The lowest BCUT2D eigenvalue weighted by Gasteiger charge is -2.41. The molecule has 3 aromatic heterocycles. The van der Waals surface area contributed by atoms with Crippen LogP contribution in [0.1, 0.15) is 25.8 Å². The topological polar surface area (TPSA) is 95.1 Å². The Labute approximate surface area is 228 Å². The molecule has 0 saturated carbocycles. The van der Waals surface area contributed by atoms with Crippen molar-refractivity contribution in [1.29, 1.82) is 0 Å². The fourth-order valence-corrected chi connectivity index (χ4v) is 6.10. The molecule has 0 spiro atoms. The number of ether oxygens (including phenoxy) is 1. The van der Waals surface area contributed by atoms with Crippen molar-refractivity contribution >= 4 is 20.9 Å². The van der Waals surface area contributed by atoms with Gasteiger partial charge in [0.05, 0.1) is 23.4 Å². The van der Waals surface area contributed by atoms with E-state index in [0.717, 1.165) is 35.2 Å². The number of benzene rings is 1. The van der Waals surface area contributed by atoms with Crippen LogP contribution in [0.2, 0.25) is 0 Å². The van der Waals surface area contributed by atoms with Crippen molar-refractivity contribution in [3.63, 3.8) is 0 Å². The van der Waals surface area contributed by atoms with E-state index in [9.17, 15) is 26.0 Å². The molecule has 1 aromatic carbocycles. The molecule has 1 fully saturated rings. The predicted octanol–water partition coefficient (Wildman–Crippen LogP) is 4.30. The highest BCUT2D eigenvalue weighted by Crippen LogP contribution is 2.32. The van der Waals surface area contributed by atoms with Crippen molar-refractivity contribution in [2.45, 2.75) is 38.6 Å². The summed E-state index contributed by atoms with van der Waals surface area (Å²) in [5.41, 5.74) is 2.17. The van der Waals surface area contributed by atoms with Crippen LogP contribution in [-0.2, 0) is 23.3 Å². The summed E-state index contributed by atoms with van der Waals surface area (Å²) in [6, 6.07) is 3.07. The van der Waals surface area contributed by atoms with E-state index in [2.05, 4.69) is 38.6 Å². The summed E-state index contributed by atoms with van der Waals surface area (Å²) in [4.78, 5) is 11.2. The average molecular weight is 581 g/mol. The molecule has 0 unspecified atom stereocenters. The Balaban J connectivity index is 1.47. The second-order valence-electron chi connectivity index (χ2n) is 10.5. The van der Waals surface area contributed by atoms with Crippen molar-refractivity contribution in [1.82, 2.24) is 29.2 Å². The Hall–Kier alpha value is -3.52. The molecule has 9 nitrogen and oxygen atoms in total. The summed E-state index contributed by atoms with van der Waals surface area (Å²) in [5, 5.41) is 5.01. The minimum absolute atomic E-state index is 0.134. The van der Waals surface area contributed by atoms with E-state index in [1.54, 1.807) is 24.1 Å². The van der Waals surface area contributed by atoms with Gasteiger partial charge in [-0.25, -0.2) is 22.8 Å². The van der Waals surface area contributed by atoms with Gasteiger partial charge in [0.15, 0.2) is 27.2 Å². The number of aromatic nitrogens is 5. The SMILES string of the molecule is Cn1cc(-n2cc(CCC(C)(C)N3CCS(=O)(=O)CC3)c3cnc(-c4ccc(OC(F)(F)F)c(F)c4)nc32)cn1. The third-order valence-corrected chi connectivity index (χ3v) is 8.83. The first-order chi connectivity index (χ1) is 18.7. The van der Waals surface area contributed by atoms with Crippen molar-refractivity contribution < 1.29 is 30.7 Å². The second-order valence-corrected chi connectivity index (χ2v) is 12.8. The van der Waals surface area contributed by atoms with Gasteiger partial charge in [-0.15, -0.1) is 13.2 Å². The zero-order valence-electron chi connectivity index (χ0n) is 22.1. The molecule has 4 aromatic rings. The molecule has 0 aliphatic carbocycles. The van der Waals surface area contributed by atoms with Gasteiger partial charge in [-0.2, -0.15) is 5.10 Å². The maximum Gasteiger partial charge on any atom is 0.573 e. The van der Waals surface area contributed by atoms with E-state index >= 15 is 0 Å². The summed E-state index contributed by atoms with van der Waals surface area (Å²) in [7, 11) is -1.20. The van der Waals surface area contributed by atoms with Crippen molar-refractivity contribution in [3.05, 3.63) is 54.4 Å². The number of hydrogen-bond donors (Lipinski definition) is 0. The lowest BCUT2D eigenvalue weighted by molar-refractivity contribution is -0.275. The molecule has 14 heteroatoms. The molecular weight excluding hydrogens is 552 g/mol. The van der Waals surface area contributed by atoms with Crippen LogP contribution >= 0.6 is 0 Å². The van der Waals surface area contributed by atoms with Gasteiger partial charge in [0, 0.05) is 55.2 Å².